The van der Waals surface area contributed by atoms with E-state index in [4.69, 9.17) is 18.8 Å². The number of amidine groups is 2. The number of para-hydroxylation sites is 4. The van der Waals surface area contributed by atoms with E-state index in [-0.39, 0.29) is 6.17 Å². The number of fused-ring (bicyclic) bond motifs is 12. The van der Waals surface area contributed by atoms with Crippen LogP contribution < -0.4 is 5.32 Å². The van der Waals surface area contributed by atoms with Gasteiger partial charge in [-0.25, -0.2) is 9.98 Å². The van der Waals surface area contributed by atoms with Crippen LogP contribution in [0.4, 0.5) is 0 Å². The number of hydrogen-bond acceptors (Lipinski definition) is 5. The molecule has 0 aliphatic carbocycles. The molecule has 1 aliphatic rings. The monoisotopic (exact) mass is 897 g/mol. The molecule has 0 saturated heterocycles. The van der Waals surface area contributed by atoms with Crippen LogP contribution in [0.1, 0.15) is 22.9 Å². The number of aromatic nitrogens is 2. The molecule has 7 nitrogen and oxygen atoms in total. The topological polar surface area (TPSA) is 72.9 Å². The lowest BCUT2D eigenvalue weighted by atomic mass is 9.96. The van der Waals surface area contributed by atoms with Gasteiger partial charge in [-0.05, 0) is 89.5 Å². The Morgan fingerprint density at radius 1 is 0.386 bits per heavy atom. The van der Waals surface area contributed by atoms with Crippen molar-refractivity contribution in [1.29, 1.82) is 0 Å². The number of aliphatic imine (C=N–C) groups is 2. The minimum Gasteiger partial charge on any atom is -0.456 e. The summed E-state index contributed by atoms with van der Waals surface area (Å²) in [7, 11) is 0. The third-order valence-corrected chi connectivity index (χ3v) is 14.2. The van der Waals surface area contributed by atoms with Crippen LogP contribution in [-0.2, 0) is 0 Å². The van der Waals surface area contributed by atoms with Crippen LogP contribution in [-0.4, -0.2) is 20.8 Å². The second-order valence-corrected chi connectivity index (χ2v) is 18.1. The zero-order chi connectivity index (χ0) is 45.9. The molecule has 14 aromatic rings. The van der Waals surface area contributed by atoms with Gasteiger partial charge in [-0.15, -0.1) is 0 Å². The third kappa shape index (κ3) is 5.75. The Balaban J connectivity index is 0.904. The maximum atomic E-state index is 6.71. The number of furan rings is 2. The van der Waals surface area contributed by atoms with Gasteiger partial charge in [0.15, 0.2) is 5.84 Å². The molecule has 4 aromatic heterocycles. The van der Waals surface area contributed by atoms with Crippen molar-refractivity contribution in [3.63, 3.8) is 0 Å². The Morgan fingerprint density at radius 3 is 1.63 bits per heavy atom. The van der Waals surface area contributed by atoms with Gasteiger partial charge in [-0.2, -0.15) is 0 Å². The average Bonchev–Trinajstić information content (AvgIpc) is 4.19. The number of rotatable bonds is 6. The molecule has 0 fully saturated rings. The van der Waals surface area contributed by atoms with Crippen LogP contribution in [0.25, 0.3) is 110 Å². The van der Waals surface area contributed by atoms with Crippen molar-refractivity contribution in [1.82, 2.24) is 14.5 Å². The zero-order valence-electron chi connectivity index (χ0n) is 37.5. The average molecular weight is 898 g/mol. The van der Waals surface area contributed by atoms with Crippen LogP contribution in [0.5, 0.6) is 0 Å². The van der Waals surface area contributed by atoms with E-state index in [2.05, 4.69) is 221 Å². The molecule has 0 spiro atoms. The van der Waals surface area contributed by atoms with Crippen molar-refractivity contribution in [3.05, 3.63) is 241 Å². The van der Waals surface area contributed by atoms with E-state index in [1.165, 1.54) is 21.5 Å². The predicted octanol–water partition coefficient (Wildman–Crippen LogP) is 15.8. The van der Waals surface area contributed by atoms with E-state index in [0.717, 1.165) is 111 Å². The Hall–Kier alpha value is -9.46. The lowest BCUT2D eigenvalue weighted by molar-refractivity contribution is 0.667. The van der Waals surface area contributed by atoms with Crippen LogP contribution in [0, 0.1) is 0 Å². The van der Waals surface area contributed by atoms with Gasteiger partial charge >= 0.3 is 0 Å². The lowest BCUT2D eigenvalue weighted by Gasteiger charge is -2.24. The summed E-state index contributed by atoms with van der Waals surface area (Å²) in [5.74, 6) is 1.37. The zero-order valence-corrected chi connectivity index (χ0v) is 37.5. The summed E-state index contributed by atoms with van der Waals surface area (Å²) in [4.78, 5) is 10.7. The van der Waals surface area contributed by atoms with Crippen LogP contribution >= 0.6 is 0 Å². The van der Waals surface area contributed by atoms with Gasteiger partial charge in [0.1, 0.15) is 34.3 Å². The van der Waals surface area contributed by atoms with Gasteiger partial charge in [-0.3, -0.25) is 0 Å². The molecule has 328 valence electrons. The van der Waals surface area contributed by atoms with E-state index in [9.17, 15) is 0 Å². The van der Waals surface area contributed by atoms with E-state index in [1.807, 2.05) is 18.2 Å². The van der Waals surface area contributed by atoms with Gasteiger partial charge < -0.3 is 23.3 Å². The number of nitrogens with one attached hydrogen (secondary N) is 1. The smallest absolute Gasteiger partial charge is 0.159 e. The quantitative estimate of drug-likeness (QED) is 0.181. The number of hydrogen-bond donors (Lipinski definition) is 1. The Bertz CT molecular complexity index is 4420. The summed E-state index contributed by atoms with van der Waals surface area (Å²) in [6.07, 6.45) is -0.389. The van der Waals surface area contributed by atoms with Crippen LogP contribution in [0.15, 0.2) is 243 Å². The van der Waals surface area contributed by atoms with Gasteiger partial charge in [-0.1, -0.05) is 152 Å². The van der Waals surface area contributed by atoms with Crippen molar-refractivity contribution in [2.75, 3.05) is 0 Å². The molecule has 0 amide bonds. The largest absolute Gasteiger partial charge is 0.456 e. The van der Waals surface area contributed by atoms with E-state index >= 15 is 0 Å². The fourth-order valence-electron chi connectivity index (χ4n) is 11.2. The molecule has 70 heavy (non-hydrogen) atoms. The molecule has 1 aliphatic heterocycles. The first-order valence-corrected chi connectivity index (χ1v) is 23.7. The van der Waals surface area contributed by atoms with Crippen LogP contribution in [0.2, 0.25) is 0 Å². The highest BCUT2D eigenvalue weighted by molar-refractivity contribution is 6.23. The van der Waals surface area contributed by atoms with Crippen molar-refractivity contribution in [3.8, 4) is 22.5 Å². The van der Waals surface area contributed by atoms with Gasteiger partial charge in [0.05, 0.1) is 33.1 Å². The fraction of sp³-hybridized carbons (Fsp3) is 0.0159. The molecular formula is C63H39N5O2. The predicted molar refractivity (Wildman–Crippen MR) is 287 cm³/mol. The van der Waals surface area contributed by atoms with Crippen LogP contribution in [0.3, 0.4) is 0 Å². The Kier molecular flexibility index (Phi) is 8.29. The summed E-state index contributed by atoms with van der Waals surface area (Å²) in [6, 6.07) is 79.0. The van der Waals surface area contributed by atoms with Gasteiger partial charge in [0.2, 0.25) is 0 Å². The van der Waals surface area contributed by atoms with E-state index < -0.39 is 0 Å². The standard InChI is InChI=1S/C63H39N5O2/c1-2-16-38(17-3-1)61-64-62(40-18-12-19-41(36-40)67-49-26-8-4-20-43(49)44-21-5-9-27-50(44)67)66-63(65-61)47-25-14-31-55-58(47)48-37-39(34-35-54(48)69-55)42-24-13-32-56-59(42)60-53(30-15-33-57(60)70-56)68-51-28-10-6-22-45(51)46-23-7-11-29-52(46)68/h1-37,61H,(H,64,65,66). The maximum absolute atomic E-state index is 6.71. The lowest BCUT2D eigenvalue weighted by Crippen LogP contribution is -2.33. The molecule has 10 aromatic carbocycles. The molecule has 0 bridgehead atoms. The third-order valence-electron chi connectivity index (χ3n) is 14.2. The molecule has 5 heterocycles. The molecule has 1 N–H and O–H groups in total. The molecule has 1 unspecified atom stereocenters. The van der Waals surface area contributed by atoms with Gasteiger partial charge in [0, 0.05) is 54.5 Å². The first-order valence-electron chi connectivity index (χ1n) is 23.7. The number of benzene rings is 10. The normalized spacial score (nSPS) is 14.1. The second-order valence-electron chi connectivity index (χ2n) is 18.1. The van der Waals surface area contributed by atoms with Crippen molar-refractivity contribution in [2.24, 2.45) is 9.98 Å². The summed E-state index contributed by atoms with van der Waals surface area (Å²) < 4.78 is 18.1. The fourth-order valence-corrected chi connectivity index (χ4v) is 11.2. The molecule has 15 rings (SSSR count). The van der Waals surface area contributed by atoms with Crippen molar-refractivity contribution in [2.45, 2.75) is 6.17 Å². The first-order chi connectivity index (χ1) is 34.7. The summed E-state index contributed by atoms with van der Waals surface area (Å²) in [6.45, 7) is 0. The maximum Gasteiger partial charge on any atom is 0.159 e. The molecule has 0 radical (unpaired) electrons. The molecular weight excluding hydrogens is 859 g/mol. The molecule has 0 saturated carbocycles. The highest BCUT2D eigenvalue weighted by atomic mass is 16.3. The Morgan fingerprint density at radius 2 is 0.943 bits per heavy atom. The highest BCUT2D eigenvalue weighted by Gasteiger charge is 2.26. The summed E-state index contributed by atoms with van der Waals surface area (Å²) >= 11 is 0. The van der Waals surface area contributed by atoms with Crippen molar-refractivity contribution < 1.29 is 8.83 Å². The van der Waals surface area contributed by atoms with E-state index in [0.29, 0.717) is 5.84 Å². The van der Waals surface area contributed by atoms with E-state index in [1.54, 1.807) is 0 Å². The summed E-state index contributed by atoms with van der Waals surface area (Å²) in [5, 5.41) is 12.7. The highest BCUT2D eigenvalue weighted by Crippen LogP contribution is 2.44. The molecule has 1 atom stereocenters. The summed E-state index contributed by atoms with van der Waals surface area (Å²) in [5.41, 5.74) is 15.0. The first kappa shape index (κ1) is 38.6. The second kappa shape index (κ2) is 15.0. The van der Waals surface area contributed by atoms with Crippen molar-refractivity contribution >= 4 is 99.2 Å². The molecule has 7 heteroatoms. The minimum atomic E-state index is -0.389. The number of nitrogens with zero attached hydrogens (tertiary/aromatic N) is 4. The minimum absolute atomic E-state index is 0.389. The SMILES string of the molecule is c1ccc(C2N=C(c3cccc(-n4c5ccccc5c5ccccc54)c3)N=C(c3cccc4oc5ccc(-c6cccc7oc8cccc(-n9c%10ccccc%10c%10ccccc%109)c8c67)cc5c34)N2)cc1. The van der Waals surface area contributed by atoms with Gasteiger partial charge in [0.25, 0.3) is 0 Å². The Labute approximate surface area is 400 Å².